The van der Waals surface area contributed by atoms with E-state index >= 15 is 0 Å². The minimum absolute atomic E-state index is 0.0871. The van der Waals surface area contributed by atoms with Crippen molar-refractivity contribution in [2.45, 2.75) is 140 Å². The summed E-state index contributed by atoms with van der Waals surface area (Å²) in [5, 5.41) is 2.50. The van der Waals surface area contributed by atoms with Crippen molar-refractivity contribution >= 4 is 47.4 Å². The minimum atomic E-state index is -1.15. The molecule has 1 unspecified atom stereocenters. The average Bonchev–Trinajstić information content (AvgIpc) is 3.84. The predicted octanol–water partition coefficient (Wildman–Crippen LogP) is 2.61. The molecule has 300 valence electrons. The molecule has 1 spiro atoms. The largest absolute Gasteiger partial charge is 0.465 e. The van der Waals surface area contributed by atoms with Gasteiger partial charge in [0.15, 0.2) is 5.79 Å². The molecule has 3 saturated heterocycles. The van der Waals surface area contributed by atoms with Gasteiger partial charge in [-0.05, 0) is 37.5 Å². The molecule has 0 aromatic carbocycles. The van der Waals surface area contributed by atoms with Crippen LogP contribution in [0.1, 0.15) is 86.5 Å². The van der Waals surface area contributed by atoms with Crippen molar-refractivity contribution in [1.29, 1.82) is 0 Å². The summed E-state index contributed by atoms with van der Waals surface area (Å²) in [6.45, 7) is 10.2. The van der Waals surface area contributed by atoms with E-state index in [4.69, 9.17) is 33.2 Å². The first kappa shape index (κ1) is 40.6. The predicted molar refractivity (Wildman–Crippen MR) is 191 cm³/mol. The van der Waals surface area contributed by atoms with Crippen molar-refractivity contribution in [2.75, 3.05) is 33.1 Å². The van der Waals surface area contributed by atoms with Gasteiger partial charge in [0, 0.05) is 59.1 Å². The molecule has 9 atom stereocenters. The second-order valence-corrected chi connectivity index (χ2v) is 17.3. The number of imide groups is 1. The maximum Gasteiger partial charge on any atom is 0.306 e. The fraction of sp³-hybridized carbons (Fsp3) is 0.789. The van der Waals surface area contributed by atoms with E-state index in [0.29, 0.717) is 25.7 Å². The lowest BCUT2D eigenvalue weighted by molar-refractivity contribution is -0.288. The average molecular weight is 779 g/mol. The van der Waals surface area contributed by atoms with Crippen molar-refractivity contribution in [1.82, 2.24) is 10.2 Å². The summed E-state index contributed by atoms with van der Waals surface area (Å²) in [5.74, 6) is -3.58. The van der Waals surface area contributed by atoms with Crippen molar-refractivity contribution in [3.8, 4) is 0 Å². The Morgan fingerprint density at radius 1 is 1.09 bits per heavy atom. The molecule has 54 heavy (non-hydrogen) atoms. The van der Waals surface area contributed by atoms with E-state index in [1.165, 1.54) is 25.6 Å². The Bertz CT molecular complexity index is 1570. The molecule has 16 heteroatoms. The van der Waals surface area contributed by atoms with Crippen molar-refractivity contribution in [3.05, 3.63) is 11.6 Å². The van der Waals surface area contributed by atoms with Gasteiger partial charge < -0.3 is 38.5 Å². The zero-order valence-corrected chi connectivity index (χ0v) is 33.2. The fourth-order valence-corrected chi connectivity index (χ4v) is 10.2. The number of hydrogen-bond donors (Lipinski definition) is 1. The molecule has 3 aliphatic heterocycles. The Morgan fingerprint density at radius 2 is 1.78 bits per heavy atom. The Labute approximate surface area is 320 Å². The van der Waals surface area contributed by atoms with Crippen LogP contribution in [0.25, 0.3) is 0 Å². The van der Waals surface area contributed by atoms with E-state index in [2.05, 4.69) is 5.32 Å². The molecule has 6 rings (SSSR count). The number of thioether (sulfide) groups is 1. The van der Waals surface area contributed by atoms with Crippen molar-refractivity contribution < 1.29 is 61.9 Å². The van der Waals surface area contributed by atoms with E-state index in [1.807, 2.05) is 33.8 Å². The number of esters is 3. The number of rotatable bonds is 13. The Kier molecular flexibility index (Phi) is 11.4. The van der Waals surface area contributed by atoms with E-state index < -0.39 is 75.8 Å². The zero-order chi connectivity index (χ0) is 39.4. The summed E-state index contributed by atoms with van der Waals surface area (Å²) in [5.41, 5.74) is -2.31. The summed E-state index contributed by atoms with van der Waals surface area (Å²) in [6, 6.07) is -0.259. The number of fused-ring (bicyclic) bond motifs is 2. The third-order valence-electron chi connectivity index (χ3n) is 12.6. The van der Waals surface area contributed by atoms with Gasteiger partial charge in [-0.25, -0.2) is 0 Å². The van der Waals surface area contributed by atoms with Crippen LogP contribution in [0.3, 0.4) is 0 Å². The number of methoxy groups -OCH3 is 1. The number of carbonyl (C=O) groups is 6. The van der Waals surface area contributed by atoms with E-state index in [0.717, 1.165) is 10.5 Å². The summed E-state index contributed by atoms with van der Waals surface area (Å²) in [7, 11) is 1.55. The monoisotopic (exact) mass is 778 g/mol. The molecule has 0 aromatic heterocycles. The zero-order valence-electron chi connectivity index (χ0n) is 32.4. The lowest BCUT2D eigenvalue weighted by atomic mass is 9.51. The second-order valence-electron chi connectivity index (χ2n) is 16.3. The van der Waals surface area contributed by atoms with Gasteiger partial charge in [0.25, 0.3) is 0 Å². The highest BCUT2D eigenvalue weighted by molar-refractivity contribution is 8.00. The third-order valence-corrected chi connectivity index (χ3v) is 13.5. The quantitative estimate of drug-likeness (QED) is 0.0719. The smallest absolute Gasteiger partial charge is 0.306 e. The van der Waals surface area contributed by atoms with Gasteiger partial charge in [0.2, 0.25) is 17.7 Å². The molecule has 2 bridgehead atoms. The van der Waals surface area contributed by atoms with Crippen molar-refractivity contribution in [2.24, 2.45) is 16.7 Å². The summed E-state index contributed by atoms with van der Waals surface area (Å²) in [6.07, 6.45) is 2.04. The first-order chi connectivity index (χ1) is 25.4. The molecule has 2 saturated carbocycles. The van der Waals surface area contributed by atoms with Gasteiger partial charge in [0.05, 0.1) is 28.8 Å². The van der Waals surface area contributed by atoms with Crippen LogP contribution in [0, 0.1) is 16.7 Å². The van der Waals surface area contributed by atoms with Gasteiger partial charge in [-0.1, -0.05) is 26.8 Å². The maximum absolute atomic E-state index is 13.0. The van der Waals surface area contributed by atoms with Crippen LogP contribution in [-0.2, 0) is 61.9 Å². The number of nitrogens with zero attached hydrogens (tertiary/aromatic N) is 1. The van der Waals surface area contributed by atoms with Crippen LogP contribution in [0.5, 0.6) is 0 Å². The molecule has 5 fully saturated rings. The van der Waals surface area contributed by atoms with Crippen LogP contribution in [0.2, 0.25) is 0 Å². The van der Waals surface area contributed by atoms with Crippen LogP contribution in [0.15, 0.2) is 11.6 Å². The second kappa shape index (κ2) is 15.1. The summed E-state index contributed by atoms with van der Waals surface area (Å²) in [4.78, 5) is 77.3. The third kappa shape index (κ3) is 6.98. The van der Waals surface area contributed by atoms with Crippen LogP contribution in [-0.4, -0.2) is 127 Å². The molecular formula is C38H54N2O13S. The van der Waals surface area contributed by atoms with E-state index in [-0.39, 0.29) is 68.8 Å². The van der Waals surface area contributed by atoms with Gasteiger partial charge >= 0.3 is 17.9 Å². The van der Waals surface area contributed by atoms with Crippen molar-refractivity contribution in [3.63, 3.8) is 0 Å². The van der Waals surface area contributed by atoms with Crippen LogP contribution >= 0.6 is 11.8 Å². The number of amides is 3. The van der Waals surface area contributed by atoms with Crippen LogP contribution in [0.4, 0.5) is 0 Å². The lowest BCUT2D eigenvalue weighted by Gasteiger charge is -2.58. The van der Waals surface area contributed by atoms with Gasteiger partial charge in [-0.15, -0.1) is 0 Å². The van der Waals surface area contributed by atoms with Gasteiger partial charge in [-0.3, -0.25) is 33.7 Å². The molecule has 6 aliphatic rings. The molecule has 3 aliphatic carbocycles. The van der Waals surface area contributed by atoms with Crippen LogP contribution < -0.4 is 5.32 Å². The minimum Gasteiger partial charge on any atom is -0.465 e. The molecule has 1 N–H and O–H groups in total. The maximum atomic E-state index is 13.0. The van der Waals surface area contributed by atoms with E-state index in [1.54, 1.807) is 13.4 Å². The first-order valence-corrected chi connectivity index (χ1v) is 20.1. The topological polar surface area (TPSA) is 186 Å². The lowest BCUT2D eigenvalue weighted by Crippen LogP contribution is -2.68. The molecular weight excluding hydrogens is 724 g/mol. The SMILES string of the molecule is COC1(O[C@@H]2[C@@H](OC(C)=O)[C@]3(C)[C@@]4(COC(C)=O)C[C@H](OC(=O)CC(C)C)C(C)=C[C@H]4O[C@H]2[C@@]32CO2)CCC(NC(=O)CN2C(=O)CC(SC)C2=O)CC1. The summed E-state index contributed by atoms with van der Waals surface area (Å²) < 4.78 is 44.4. The van der Waals surface area contributed by atoms with Gasteiger partial charge in [0.1, 0.15) is 43.2 Å². The number of hydrogen-bond acceptors (Lipinski definition) is 14. The standard InChI is InChI=1S/C38H54N2O13S/c1-20(2)13-30(45)51-25-16-36(18-48-22(4)41)27(14-21(25)3)52-33-31(32(50-23(5)42)35(36,6)38(33)19-49-38)53-37(47-7)11-9-24(10-12-37)39-28(43)17-40-29(44)15-26(54-8)34(40)46/h14,20,24-27,31-33H,9-13,15-19H2,1-8H3,(H,39,43)/t24?,25-,26?,27+,31+,32+,33+,35+,36+,37?,38-/m0/s1. The molecule has 0 aromatic rings. The Balaban J connectivity index is 1.25. The highest BCUT2D eigenvalue weighted by Gasteiger charge is 2.87. The van der Waals surface area contributed by atoms with E-state index in [9.17, 15) is 28.8 Å². The number of carbonyl (C=O) groups excluding carboxylic acids is 6. The molecule has 3 amide bonds. The highest BCUT2D eigenvalue weighted by atomic mass is 32.2. The Hall–Kier alpha value is -3.05. The number of likely N-dealkylation sites (tertiary alicyclic amines) is 1. The summed E-state index contributed by atoms with van der Waals surface area (Å²) >= 11 is 1.29. The first-order valence-electron chi connectivity index (χ1n) is 18.8. The number of ether oxygens (including phenoxy) is 7. The Morgan fingerprint density at radius 3 is 2.33 bits per heavy atom. The molecule has 3 heterocycles. The molecule has 0 radical (unpaired) electrons. The normalized spacial score (nSPS) is 39.6. The highest BCUT2D eigenvalue weighted by Crippen LogP contribution is 2.73. The number of nitrogens with one attached hydrogen (secondary N) is 1. The fourth-order valence-electron chi connectivity index (χ4n) is 9.59. The molecule has 15 nitrogen and oxygen atoms in total. The number of epoxide rings is 1. The van der Waals surface area contributed by atoms with Gasteiger partial charge in [-0.2, -0.15) is 11.8 Å².